The monoisotopic (exact) mass is 462 g/mol. The highest BCUT2D eigenvalue weighted by Crippen LogP contribution is 2.20. The van der Waals surface area contributed by atoms with Crippen LogP contribution in [0.1, 0.15) is 35.4 Å². The Morgan fingerprint density at radius 2 is 1.62 bits per heavy atom. The van der Waals surface area contributed by atoms with Crippen molar-refractivity contribution in [3.63, 3.8) is 0 Å². The highest BCUT2D eigenvalue weighted by atomic mass is 32.2. The predicted molar refractivity (Wildman–Crippen MR) is 118 cm³/mol. The van der Waals surface area contributed by atoms with Gasteiger partial charge in [0.05, 0.1) is 17.7 Å². The second kappa shape index (κ2) is 9.60. The fourth-order valence-electron chi connectivity index (χ4n) is 4.10. The lowest BCUT2D eigenvalue weighted by Crippen LogP contribution is -2.54. The Hall–Kier alpha value is -2.43. The number of amides is 1. The zero-order chi connectivity index (χ0) is 22.7. The summed E-state index contributed by atoms with van der Waals surface area (Å²) in [5.41, 5.74) is 2.65. The maximum atomic E-state index is 12.7. The summed E-state index contributed by atoms with van der Waals surface area (Å²) in [7, 11) is -3.40. The van der Waals surface area contributed by atoms with Gasteiger partial charge in [-0.25, -0.2) is 0 Å². The normalized spacial score (nSPS) is 18.2. The summed E-state index contributed by atoms with van der Waals surface area (Å²) in [6.07, 6.45) is 2.12. The van der Waals surface area contributed by atoms with Crippen LogP contribution in [0.3, 0.4) is 0 Å². The maximum Gasteiger partial charge on any atom is 0.282 e. The molecule has 1 aromatic heterocycles. The number of hydrogen-bond acceptors (Lipinski definition) is 6. The molecule has 10 heteroatoms. The van der Waals surface area contributed by atoms with Crippen LogP contribution in [0.4, 0.5) is 0 Å². The van der Waals surface area contributed by atoms with E-state index in [-0.39, 0.29) is 12.3 Å². The molecule has 0 unspecified atom stereocenters. The molecule has 2 aliphatic rings. The molecule has 0 N–H and O–H groups in total. The average Bonchev–Trinajstić information content (AvgIpc) is 3.44. The van der Waals surface area contributed by atoms with Crippen LogP contribution in [-0.4, -0.2) is 72.3 Å². The summed E-state index contributed by atoms with van der Waals surface area (Å²) < 4.78 is 39.4. The van der Waals surface area contributed by atoms with Gasteiger partial charge in [0.25, 0.3) is 10.2 Å². The minimum Gasteiger partial charge on any atom is -0.489 e. The van der Waals surface area contributed by atoms with Crippen LogP contribution < -0.4 is 4.74 Å². The molecule has 0 bridgehead atoms. The van der Waals surface area contributed by atoms with Crippen LogP contribution in [0.2, 0.25) is 0 Å². The van der Waals surface area contributed by atoms with Crippen molar-refractivity contribution in [3.05, 3.63) is 46.8 Å². The molecule has 2 aromatic rings. The SMILES string of the molecule is Cc1noc(C)c1COc1ccc(CC(=O)N2CCN(S(=O)(=O)N3CCCC3)CC2)cc1. The van der Waals surface area contributed by atoms with E-state index in [1.165, 1.54) is 4.31 Å². The molecule has 1 aromatic carbocycles. The number of benzene rings is 1. The van der Waals surface area contributed by atoms with Gasteiger partial charge in [-0.3, -0.25) is 4.79 Å². The minimum atomic E-state index is -3.40. The smallest absolute Gasteiger partial charge is 0.282 e. The van der Waals surface area contributed by atoms with Crippen LogP contribution in [0, 0.1) is 13.8 Å². The molecule has 32 heavy (non-hydrogen) atoms. The third-order valence-electron chi connectivity index (χ3n) is 6.15. The summed E-state index contributed by atoms with van der Waals surface area (Å²) in [6, 6.07) is 7.46. The molecule has 0 aliphatic carbocycles. The summed E-state index contributed by atoms with van der Waals surface area (Å²) in [5, 5.41) is 3.92. The second-order valence-corrected chi connectivity index (χ2v) is 10.2. The quantitative estimate of drug-likeness (QED) is 0.624. The van der Waals surface area contributed by atoms with Gasteiger partial charge in [0.15, 0.2) is 0 Å². The van der Waals surface area contributed by atoms with Gasteiger partial charge >= 0.3 is 0 Å². The summed E-state index contributed by atoms with van der Waals surface area (Å²) >= 11 is 0. The molecule has 3 heterocycles. The molecular formula is C22H30N4O5S. The van der Waals surface area contributed by atoms with Crippen molar-refractivity contribution in [2.45, 2.75) is 39.7 Å². The Morgan fingerprint density at radius 1 is 1.00 bits per heavy atom. The Morgan fingerprint density at radius 3 is 2.22 bits per heavy atom. The van der Waals surface area contributed by atoms with Crippen molar-refractivity contribution >= 4 is 16.1 Å². The van der Waals surface area contributed by atoms with Gasteiger partial charge in [-0.05, 0) is 44.4 Å². The zero-order valence-corrected chi connectivity index (χ0v) is 19.4. The molecule has 0 atom stereocenters. The Balaban J connectivity index is 1.26. The van der Waals surface area contributed by atoms with Crippen molar-refractivity contribution in [2.75, 3.05) is 39.3 Å². The van der Waals surface area contributed by atoms with Gasteiger partial charge in [0.2, 0.25) is 5.91 Å². The van der Waals surface area contributed by atoms with Crippen molar-refractivity contribution in [3.8, 4) is 5.75 Å². The molecule has 174 valence electrons. The lowest BCUT2D eigenvalue weighted by molar-refractivity contribution is -0.131. The number of nitrogens with zero attached hydrogens (tertiary/aromatic N) is 4. The standard InChI is InChI=1S/C22H30N4O5S/c1-17-21(18(2)31-23-17)16-30-20-7-5-19(6-8-20)15-22(27)24-11-13-26(14-12-24)32(28,29)25-9-3-4-10-25/h5-8H,3-4,9-16H2,1-2H3. The largest absolute Gasteiger partial charge is 0.489 e. The third-order valence-corrected chi connectivity index (χ3v) is 8.19. The third kappa shape index (κ3) is 4.97. The average molecular weight is 463 g/mol. The first kappa shape index (κ1) is 22.8. The molecular weight excluding hydrogens is 432 g/mol. The Labute approximate surface area is 189 Å². The molecule has 2 fully saturated rings. The van der Waals surface area contributed by atoms with E-state index in [4.69, 9.17) is 9.26 Å². The van der Waals surface area contributed by atoms with Crippen LogP contribution in [0.15, 0.2) is 28.8 Å². The Bertz CT molecular complexity index is 1020. The number of aryl methyl sites for hydroxylation is 2. The molecule has 1 amide bonds. The number of rotatable bonds is 7. The van der Waals surface area contributed by atoms with E-state index in [0.717, 1.165) is 35.4 Å². The van der Waals surface area contributed by atoms with Gasteiger partial charge in [-0.15, -0.1) is 0 Å². The number of aromatic nitrogens is 1. The van der Waals surface area contributed by atoms with E-state index in [1.54, 1.807) is 9.21 Å². The lowest BCUT2D eigenvalue weighted by Gasteiger charge is -2.35. The van der Waals surface area contributed by atoms with Gasteiger partial charge in [0, 0.05) is 39.3 Å². The van der Waals surface area contributed by atoms with E-state index in [9.17, 15) is 13.2 Å². The first-order valence-corrected chi connectivity index (χ1v) is 12.4. The van der Waals surface area contributed by atoms with Crippen LogP contribution in [0.5, 0.6) is 5.75 Å². The molecule has 4 rings (SSSR count). The minimum absolute atomic E-state index is 0.00705. The Kier molecular flexibility index (Phi) is 6.82. The van der Waals surface area contributed by atoms with Crippen molar-refractivity contribution in [2.24, 2.45) is 0 Å². The van der Waals surface area contributed by atoms with Gasteiger partial charge < -0.3 is 14.2 Å². The fourth-order valence-corrected chi connectivity index (χ4v) is 5.77. The first-order valence-electron chi connectivity index (χ1n) is 11.0. The van der Waals surface area contributed by atoms with E-state index in [0.29, 0.717) is 51.6 Å². The summed E-state index contributed by atoms with van der Waals surface area (Å²) in [4.78, 5) is 14.5. The first-order chi connectivity index (χ1) is 15.3. The molecule has 9 nitrogen and oxygen atoms in total. The van der Waals surface area contributed by atoms with Crippen LogP contribution in [0.25, 0.3) is 0 Å². The van der Waals surface area contributed by atoms with Crippen LogP contribution in [-0.2, 0) is 28.0 Å². The van der Waals surface area contributed by atoms with Crippen molar-refractivity contribution in [1.82, 2.24) is 18.7 Å². The number of hydrogen-bond donors (Lipinski definition) is 0. The fraction of sp³-hybridized carbons (Fsp3) is 0.545. The number of piperazine rings is 1. The summed E-state index contributed by atoms with van der Waals surface area (Å²) in [5.74, 6) is 1.47. The predicted octanol–water partition coefficient (Wildman–Crippen LogP) is 1.90. The maximum absolute atomic E-state index is 12.7. The van der Waals surface area contributed by atoms with E-state index in [2.05, 4.69) is 5.16 Å². The molecule has 0 saturated carbocycles. The number of carbonyl (C=O) groups is 1. The lowest BCUT2D eigenvalue weighted by atomic mass is 10.1. The van der Waals surface area contributed by atoms with E-state index >= 15 is 0 Å². The van der Waals surface area contributed by atoms with E-state index < -0.39 is 10.2 Å². The molecule has 2 saturated heterocycles. The van der Waals surface area contributed by atoms with Gasteiger partial charge in [-0.1, -0.05) is 17.3 Å². The van der Waals surface area contributed by atoms with E-state index in [1.807, 2.05) is 38.1 Å². The van der Waals surface area contributed by atoms with Gasteiger partial charge in [-0.2, -0.15) is 17.0 Å². The van der Waals surface area contributed by atoms with Crippen LogP contribution >= 0.6 is 0 Å². The summed E-state index contributed by atoms with van der Waals surface area (Å²) in [6.45, 7) is 6.84. The second-order valence-electron chi connectivity index (χ2n) is 8.31. The molecule has 2 aliphatic heterocycles. The molecule has 0 spiro atoms. The number of ether oxygens (including phenoxy) is 1. The van der Waals surface area contributed by atoms with Crippen molar-refractivity contribution in [1.29, 1.82) is 0 Å². The molecule has 0 radical (unpaired) electrons. The highest BCUT2D eigenvalue weighted by Gasteiger charge is 2.34. The van der Waals surface area contributed by atoms with Gasteiger partial charge in [0.1, 0.15) is 18.1 Å². The zero-order valence-electron chi connectivity index (χ0n) is 18.6. The number of carbonyl (C=O) groups excluding carboxylic acids is 1. The van der Waals surface area contributed by atoms with Crippen molar-refractivity contribution < 1.29 is 22.5 Å². The topological polar surface area (TPSA) is 96.2 Å². The highest BCUT2D eigenvalue weighted by molar-refractivity contribution is 7.86.